The number of amides is 1. The molecule has 0 fully saturated rings. The van der Waals surface area contributed by atoms with E-state index >= 15 is 0 Å². The maximum atomic E-state index is 13.5. The number of thioether (sulfide) groups is 1. The second-order valence-corrected chi connectivity index (χ2v) is 14.0. The molecule has 2 rings (SSSR count). The molecule has 276 valence electrons. The van der Waals surface area contributed by atoms with Crippen LogP contribution in [0.2, 0.25) is 0 Å². The third-order valence-electron chi connectivity index (χ3n) is 7.13. The summed E-state index contributed by atoms with van der Waals surface area (Å²) in [5.74, 6) is -5.48. The minimum absolute atomic E-state index is 0.0519. The van der Waals surface area contributed by atoms with Crippen LogP contribution >= 0.6 is 11.8 Å². The predicted octanol–water partition coefficient (Wildman–Crippen LogP) is -1.45. The van der Waals surface area contributed by atoms with Crippen molar-refractivity contribution in [1.82, 2.24) is 40.6 Å². The number of hydrogen-bond donors (Lipinski definition) is 5. The number of carboxylic acid groups (broad SMARTS) is 1. The number of ketones is 2. The summed E-state index contributed by atoms with van der Waals surface area (Å²) in [6, 6.07) is -2.07. The van der Waals surface area contributed by atoms with E-state index in [1.54, 1.807) is 13.2 Å². The second kappa shape index (κ2) is 19.1. The van der Waals surface area contributed by atoms with Crippen LogP contribution in [0.25, 0.3) is 0 Å². The first kappa shape index (κ1) is 41.8. The zero-order chi connectivity index (χ0) is 36.9. The molecule has 2 heterocycles. The Labute approximate surface area is 286 Å². The number of carboxylic acids is 1. The second-order valence-electron chi connectivity index (χ2n) is 10.9. The molecule has 0 radical (unpaired) electrons. The Bertz CT molecular complexity index is 1650. The lowest BCUT2D eigenvalue weighted by Gasteiger charge is -2.26. The van der Waals surface area contributed by atoms with Crippen LogP contribution in [0.15, 0.2) is 12.4 Å². The van der Waals surface area contributed by atoms with Crippen LogP contribution in [-0.4, -0.2) is 129 Å². The van der Waals surface area contributed by atoms with Gasteiger partial charge in [0.2, 0.25) is 5.91 Å². The number of nitrogens with zero attached hydrogens (tertiary/aromatic N) is 6. The molecular weight excluding hydrogens is 717 g/mol. The average Bonchev–Trinajstić information content (AvgIpc) is 3.66. The highest BCUT2D eigenvalue weighted by Gasteiger charge is 2.34. The third-order valence-corrected chi connectivity index (χ3v) is 8.79. The van der Waals surface area contributed by atoms with Gasteiger partial charge in [-0.25, -0.2) is 17.7 Å². The zero-order valence-electron chi connectivity index (χ0n) is 27.0. The van der Waals surface area contributed by atoms with Crippen LogP contribution in [0.4, 0.5) is 0 Å². The Morgan fingerprint density at radius 1 is 0.918 bits per heavy atom. The standard InChI is InChI=1S/C25H40N8O13S3/c1-15(9-21(34)19(26-3)11-18-12-32(30-28-18)5-7-45-48(39,40)41)24(36)27-23(22(35)10-17(14-47-4)25(37)38)16(2)20-13-33(31-29-20)6-8-46-49(42,43)44/h12-13,15-17,19,23,26H,5-11,14H2,1-4H3,(H,27,36)(H,37,38)(H,39,40,41)(H,42,43,44)/t15-,16?,17+,19+,23+/m1/s1. The summed E-state index contributed by atoms with van der Waals surface area (Å²) in [6.45, 7) is 1.99. The molecule has 1 amide bonds. The molecule has 0 aliphatic rings. The Hall–Kier alpha value is -3.39. The SMILES string of the molecule is CN[C@@H](Cc1cn(CCOS(=O)(=O)O)nn1)C(=O)C[C@@H](C)C(=O)N[C@H](C(=O)C[C@@H](CSC)C(=O)O)C(C)c1cn(CCOS(=O)(=O)O)nn1. The first-order valence-electron chi connectivity index (χ1n) is 14.6. The minimum Gasteiger partial charge on any atom is -0.481 e. The van der Waals surface area contributed by atoms with Gasteiger partial charge in [-0.15, -0.1) is 10.2 Å². The maximum Gasteiger partial charge on any atom is 0.397 e. The molecule has 0 aliphatic heterocycles. The molecule has 2 aromatic heterocycles. The summed E-state index contributed by atoms with van der Waals surface area (Å²) in [5.41, 5.74) is 0.575. The number of carbonyl (C=O) groups excluding carboxylic acids is 3. The quantitative estimate of drug-likeness (QED) is 0.0765. The van der Waals surface area contributed by atoms with Gasteiger partial charge in [-0.2, -0.15) is 28.6 Å². The zero-order valence-corrected chi connectivity index (χ0v) is 29.5. The highest BCUT2D eigenvalue weighted by molar-refractivity contribution is 7.98. The van der Waals surface area contributed by atoms with E-state index in [0.717, 1.165) is 0 Å². The predicted molar refractivity (Wildman–Crippen MR) is 170 cm³/mol. The lowest BCUT2D eigenvalue weighted by molar-refractivity contribution is -0.143. The van der Waals surface area contributed by atoms with Crippen molar-refractivity contribution in [2.45, 2.75) is 64.2 Å². The largest absolute Gasteiger partial charge is 0.481 e. The van der Waals surface area contributed by atoms with Crippen molar-refractivity contribution in [1.29, 1.82) is 0 Å². The van der Waals surface area contributed by atoms with Gasteiger partial charge in [0, 0.05) is 49.2 Å². The number of Topliss-reactive ketones (excluding diaryl/α,β-unsaturated/α-hetero) is 2. The highest BCUT2D eigenvalue weighted by Crippen LogP contribution is 2.22. The summed E-state index contributed by atoms with van der Waals surface area (Å²) in [7, 11) is -7.76. The number of carbonyl (C=O) groups is 4. The monoisotopic (exact) mass is 756 g/mol. The van der Waals surface area contributed by atoms with Crippen LogP contribution < -0.4 is 10.6 Å². The van der Waals surface area contributed by atoms with E-state index in [0.29, 0.717) is 5.69 Å². The van der Waals surface area contributed by atoms with Crippen molar-refractivity contribution in [2.75, 3.05) is 32.3 Å². The molecule has 5 N–H and O–H groups in total. The van der Waals surface area contributed by atoms with Crippen molar-refractivity contribution in [2.24, 2.45) is 11.8 Å². The fraction of sp³-hybridized carbons (Fsp3) is 0.680. The smallest absolute Gasteiger partial charge is 0.397 e. The molecule has 0 bridgehead atoms. The lowest BCUT2D eigenvalue weighted by atomic mass is 9.89. The van der Waals surface area contributed by atoms with E-state index in [1.165, 1.54) is 47.5 Å². The summed E-state index contributed by atoms with van der Waals surface area (Å²) < 4.78 is 71.4. The number of nitrogens with one attached hydrogen (secondary N) is 2. The summed E-state index contributed by atoms with van der Waals surface area (Å²) in [4.78, 5) is 51.8. The molecule has 0 aliphatic carbocycles. The fourth-order valence-electron chi connectivity index (χ4n) is 4.51. The molecule has 0 saturated heterocycles. The van der Waals surface area contributed by atoms with Gasteiger partial charge in [0.25, 0.3) is 0 Å². The number of hydrogen-bond acceptors (Lipinski definition) is 16. The number of aliphatic carboxylic acids is 1. The van der Waals surface area contributed by atoms with E-state index in [4.69, 9.17) is 9.11 Å². The summed E-state index contributed by atoms with van der Waals surface area (Å²) in [5, 5.41) is 30.7. The molecule has 1 unspecified atom stereocenters. The van der Waals surface area contributed by atoms with Gasteiger partial charge >= 0.3 is 26.8 Å². The highest BCUT2D eigenvalue weighted by atomic mass is 32.3. The molecule has 49 heavy (non-hydrogen) atoms. The van der Waals surface area contributed by atoms with Gasteiger partial charge < -0.3 is 15.7 Å². The van der Waals surface area contributed by atoms with Gasteiger partial charge in [0.05, 0.1) is 55.7 Å². The first-order chi connectivity index (χ1) is 22.8. The van der Waals surface area contributed by atoms with Crippen molar-refractivity contribution in [3.63, 3.8) is 0 Å². The fourth-order valence-corrected chi connectivity index (χ4v) is 5.74. The molecule has 2 aromatic rings. The van der Waals surface area contributed by atoms with E-state index in [9.17, 15) is 41.1 Å². The van der Waals surface area contributed by atoms with Crippen LogP contribution in [0.5, 0.6) is 0 Å². The number of likely N-dealkylation sites (N-methyl/N-ethyl adjacent to an activating group) is 1. The van der Waals surface area contributed by atoms with Crippen molar-refractivity contribution >= 4 is 56.0 Å². The third kappa shape index (κ3) is 14.9. The maximum absolute atomic E-state index is 13.5. The normalized spacial score (nSPS) is 15.2. The van der Waals surface area contributed by atoms with Crippen molar-refractivity contribution in [3.05, 3.63) is 23.8 Å². The molecule has 24 heteroatoms. The Kier molecular flexibility index (Phi) is 16.3. The van der Waals surface area contributed by atoms with Gasteiger partial charge in [-0.3, -0.25) is 28.3 Å². The number of aromatic nitrogens is 6. The van der Waals surface area contributed by atoms with Crippen molar-refractivity contribution < 1.29 is 58.6 Å². The van der Waals surface area contributed by atoms with E-state index < -0.39 is 87.9 Å². The first-order valence-corrected chi connectivity index (χ1v) is 18.7. The van der Waals surface area contributed by atoms with Crippen LogP contribution in [0.3, 0.4) is 0 Å². The van der Waals surface area contributed by atoms with Crippen LogP contribution in [0, 0.1) is 11.8 Å². The molecule has 21 nitrogen and oxygen atoms in total. The van der Waals surface area contributed by atoms with E-state index in [1.807, 2.05) is 0 Å². The van der Waals surface area contributed by atoms with Gasteiger partial charge in [-0.05, 0) is 13.3 Å². The van der Waals surface area contributed by atoms with Gasteiger partial charge in [0.1, 0.15) is 0 Å². The molecule has 0 spiro atoms. The van der Waals surface area contributed by atoms with E-state index in [2.05, 4.69) is 39.6 Å². The molecule has 5 atom stereocenters. The Morgan fingerprint density at radius 2 is 1.49 bits per heavy atom. The average molecular weight is 757 g/mol. The minimum atomic E-state index is -4.68. The Balaban J connectivity index is 2.14. The lowest BCUT2D eigenvalue weighted by Crippen LogP contribution is -2.48. The van der Waals surface area contributed by atoms with Crippen molar-refractivity contribution in [3.8, 4) is 0 Å². The summed E-state index contributed by atoms with van der Waals surface area (Å²) >= 11 is 1.24. The number of rotatable bonds is 24. The van der Waals surface area contributed by atoms with Crippen LogP contribution in [-0.2, 0) is 67.9 Å². The molecule has 0 aromatic carbocycles. The van der Waals surface area contributed by atoms with Crippen LogP contribution in [0.1, 0.15) is 44.0 Å². The van der Waals surface area contributed by atoms with E-state index in [-0.39, 0.29) is 43.2 Å². The summed E-state index contributed by atoms with van der Waals surface area (Å²) in [6.07, 6.45) is 3.93. The molecule has 0 saturated carbocycles. The Morgan fingerprint density at radius 3 is 2.02 bits per heavy atom. The molecular formula is C25H40N8O13S3. The van der Waals surface area contributed by atoms with Gasteiger partial charge in [0.15, 0.2) is 11.6 Å². The van der Waals surface area contributed by atoms with Gasteiger partial charge in [-0.1, -0.05) is 24.3 Å². The topological polar surface area (TPSA) is 301 Å².